The molecule has 0 radical (unpaired) electrons. The maximum absolute atomic E-state index is 12.2. The quantitative estimate of drug-likeness (QED) is 0.867. The summed E-state index contributed by atoms with van der Waals surface area (Å²) in [5.74, 6) is 0.594. The summed E-state index contributed by atoms with van der Waals surface area (Å²) in [6.45, 7) is 5.00. The van der Waals surface area contributed by atoms with Crippen LogP contribution in [0, 0.1) is 12.8 Å². The first-order chi connectivity index (χ1) is 9.10. The predicted molar refractivity (Wildman–Crippen MR) is 78.7 cm³/mol. The molecule has 1 fully saturated rings. The fourth-order valence-electron chi connectivity index (χ4n) is 2.59. The first-order valence-corrected chi connectivity index (χ1v) is 6.85. The zero-order valence-corrected chi connectivity index (χ0v) is 12.0. The summed E-state index contributed by atoms with van der Waals surface area (Å²) in [5.41, 5.74) is 2.76. The lowest BCUT2D eigenvalue weighted by molar-refractivity contribution is 0.0948. The van der Waals surface area contributed by atoms with Gasteiger partial charge in [0.05, 0.1) is 5.56 Å². The van der Waals surface area contributed by atoms with Crippen LogP contribution >= 0.6 is 0 Å². The minimum absolute atomic E-state index is 0.0129. The van der Waals surface area contributed by atoms with Crippen LogP contribution in [0.2, 0.25) is 0 Å². The van der Waals surface area contributed by atoms with Gasteiger partial charge in [0.1, 0.15) is 0 Å². The van der Waals surface area contributed by atoms with Gasteiger partial charge in [-0.25, -0.2) is 0 Å². The molecule has 1 saturated heterocycles. The van der Waals surface area contributed by atoms with Crippen LogP contribution in [-0.4, -0.2) is 44.5 Å². The molecule has 1 unspecified atom stereocenters. The van der Waals surface area contributed by atoms with Crippen molar-refractivity contribution in [2.75, 3.05) is 39.0 Å². The zero-order valence-electron chi connectivity index (χ0n) is 12.0. The Morgan fingerprint density at radius 3 is 2.89 bits per heavy atom. The van der Waals surface area contributed by atoms with E-state index < -0.39 is 0 Å². The van der Waals surface area contributed by atoms with Gasteiger partial charge in [-0.2, -0.15) is 0 Å². The second-order valence-electron chi connectivity index (χ2n) is 5.43. The van der Waals surface area contributed by atoms with Crippen LogP contribution in [0.15, 0.2) is 18.2 Å². The van der Waals surface area contributed by atoms with Crippen molar-refractivity contribution >= 4 is 11.6 Å². The lowest BCUT2D eigenvalue weighted by Gasteiger charge is -2.14. The standard InChI is InChI=1S/C15H23N3O/c1-11-4-5-13(14(8-11)16-2)15(19)17-9-12-6-7-18(3)10-12/h4-5,8,12,16H,6-7,9-10H2,1-3H3,(H,17,19). The van der Waals surface area contributed by atoms with E-state index in [-0.39, 0.29) is 5.91 Å². The van der Waals surface area contributed by atoms with Crippen molar-refractivity contribution in [3.05, 3.63) is 29.3 Å². The van der Waals surface area contributed by atoms with Crippen LogP contribution in [0.25, 0.3) is 0 Å². The lowest BCUT2D eigenvalue weighted by Crippen LogP contribution is -2.30. The summed E-state index contributed by atoms with van der Waals surface area (Å²) in [5, 5.41) is 6.13. The Morgan fingerprint density at radius 2 is 2.26 bits per heavy atom. The minimum atomic E-state index is 0.0129. The molecular weight excluding hydrogens is 238 g/mol. The Hall–Kier alpha value is -1.55. The number of hydrogen-bond donors (Lipinski definition) is 2. The summed E-state index contributed by atoms with van der Waals surface area (Å²) in [7, 11) is 3.97. The molecule has 0 saturated carbocycles. The number of carbonyl (C=O) groups is 1. The van der Waals surface area contributed by atoms with Crippen LogP contribution in [0.3, 0.4) is 0 Å². The Morgan fingerprint density at radius 1 is 1.47 bits per heavy atom. The van der Waals surface area contributed by atoms with Crippen LogP contribution < -0.4 is 10.6 Å². The van der Waals surface area contributed by atoms with Gasteiger partial charge in [0.2, 0.25) is 0 Å². The molecule has 4 heteroatoms. The van der Waals surface area contributed by atoms with Gasteiger partial charge in [0.15, 0.2) is 0 Å². The van der Waals surface area contributed by atoms with E-state index in [9.17, 15) is 4.79 Å². The van der Waals surface area contributed by atoms with Crippen LogP contribution in [0.4, 0.5) is 5.69 Å². The van der Waals surface area contributed by atoms with Crippen molar-refractivity contribution in [3.63, 3.8) is 0 Å². The van der Waals surface area contributed by atoms with Crippen LogP contribution in [-0.2, 0) is 0 Å². The van der Waals surface area contributed by atoms with Crippen LogP contribution in [0.5, 0.6) is 0 Å². The van der Waals surface area contributed by atoms with E-state index in [0.717, 1.165) is 36.4 Å². The highest BCUT2D eigenvalue weighted by Crippen LogP contribution is 2.18. The Labute approximate surface area is 115 Å². The number of hydrogen-bond acceptors (Lipinski definition) is 3. The molecule has 19 heavy (non-hydrogen) atoms. The molecule has 0 aromatic heterocycles. The SMILES string of the molecule is CNc1cc(C)ccc1C(=O)NCC1CCN(C)C1. The largest absolute Gasteiger partial charge is 0.387 e. The molecule has 0 spiro atoms. The summed E-state index contributed by atoms with van der Waals surface area (Å²) in [6.07, 6.45) is 1.17. The molecular formula is C15H23N3O. The van der Waals surface area contributed by atoms with Gasteiger partial charge in [-0.1, -0.05) is 6.07 Å². The van der Waals surface area contributed by atoms with Crippen LogP contribution in [0.1, 0.15) is 22.3 Å². The summed E-state index contributed by atoms with van der Waals surface area (Å²) >= 11 is 0. The number of anilines is 1. The number of nitrogens with zero attached hydrogens (tertiary/aromatic N) is 1. The van der Waals surface area contributed by atoms with E-state index in [2.05, 4.69) is 22.6 Å². The third-order valence-electron chi connectivity index (χ3n) is 3.73. The van der Waals surface area contributed by atoms with Crippen molar-refractivity contribution < 1.29 is 4.79 Å². The zero-order chi connectivity index (χ0) is 13.8. The molecule has 1 atom stereocenters. The molecule has 1 aliphatic heterocycles. The molecule has 2 N–H and O–H groups in total. The molecule has 1 heterocycles. The van der Waals surface area contributed by atoms with Gasteiger partial charge in [-0.15, -0.1) is 0 Å². The second-order valence-corrected chi connectivity index (χ2v) is 5.43. The Kier molecular flexibility index (Phi) is 4.43. The van der Waals surface area contributed by atoms with Gasteiger partial charge in [-0.3, -0.25) is 4.79 Å². The van der Waals surface area contributed by atoms with Crippen molar-refractivity contribution in [1.82, 2.24) is 10.2 Å². The number of rotatable bonds is 4. The first-order valence-electron chi connectivity index (χ1n) is 6.85. The number of amides is 1. The molecule has 1 aromatic rings. The monoisotopic (exact) mass is 261 g/mol. The third-order valence-corrected chi connectivity index (χ3v) is 3.73. The van der Waals surface area contributed by atoms with Gasteiger partial charge in [0.25, 0.3) is 5.91 Å². The van der Waals surface area contributed by atoms with E-state index in [4.69, 9.17) is 0 Å². The maximum atomic E-state index is 12.2. The average molecular weight is 261 g/mol. The average Bonchev–Trinajstić information content (AvgIpc) is 2.81. The van der Waals surface area contributed by atoms with E-state index in [1.54, 1.807) is 0 Å². The summed E-state index contributed by atoms with van der Waals surface area (Å²) in [6, 6.07) is 5.86. The van der Waals surface area contributed by atoms with E-state index in [1.807, 2.05) is 32.2 Å². The van der Waals surface area contributed by atoms with Gasteiger partial charge in [0, 0.05) is 25.8 Å². The number of likely N-dealkylation sites (tertiary alicyclic amines) is 1. The molecule has 1 aromatic carbocycles. The summed E-state index contributed by atoms with van der Waals surface area (Å²) in [4.78, 5) is 14.5. The minimum Gasteiger partial charge on any atom is -0.387 e. The summed E-state index contributed by atoms with van der Waals surface area (Å²) < 4.78 is 0. The normalized spacial score (nSPS) is 19.4. The van der Waals surface area contributed by atoms with E-state index in [1.165, 1.54) is 6.42 Å². The molecule has 0 bridgehead atoms. The fourth-order valence-corrected chi connectivity index (χ4v) is 2.59. The highest BCUT2D eigenvalue weighted by Gasteiger charge is 2.20. The highest BCUT2D eigenvalue weighted by molar-refractivity contribution is 5.99. The molecule has 2 rings (SSSR count). The first kappa shape index (κ1) is 13.9. The highest BCUT2D eigenvalue weighted by atomic mass is 16.1. The van der Waals surface area contributed by atoms with Crippen molar-refractivity contribution in [1.29, 1.82) is 0 Å². The second kappa shape index (κ2) is 6.06. The smallest absolute Gasteiger partial charge is 0.253 e. The van der Waals surface area contributed by atoms with Crippen molar-refractivity contribution in [2.45, 2.75) is 13.3 Å². The van der Waals surface area contributed by atoms with Gasteiger partial charge < -0.3 is 15.5 Å². The number of carbonyl (C=O) groups excluding carboxylic acids is 1. The van der Waals surface area contributed by atoms with E-state index >= 15 is 0 Å². The van der Waals surface area contributed by atoms with E-state index in [0.29, 0.717) is 5.92 Å². The van der Waals surface area contributed by atoms with Crippen molar-refractivity contribution in [3.8, 4) is 0 Å². The van der Waals surface area contributed by atoms with Crippen molar-refractivity contribution in [2.24, 2.45) is 5.92 Å². The molecule has 1 aliphatic rings. The van der Waals surface area contributed by atoms with Gasteiger partial charge in [-0.05, 0) is 50.6 Å². The number of aryl methyl sites for hydroxylation is 1. The van der Waals surface area contributed by atoms with Gasteiger partial charge >= 0.3 is 0 Å². The topological polar surface area (TPSA) is 44.4 Å². The molecule has 0 aliphatic carbocycles. The predicted octanol–water partition coefficient (Wildman–Crippen LogP) is 1.72. The molecule has 1 amide bonds. The molecule has 104 valence electrons. The Balaban J connectivity index is 1.96. The lowest BCUT2D eigenvalue weighted by atomic mass is 10.1. The number of benzene rings is 1. The fraction of sp³-hybridized carbons (Fsp3) is 0.533. The Bertz CT molecular complexity index is 459. The third kappa shape index (κ3) is 3.47. The molecule has 4 nitrogen and oxygen atoms in total. The number of nitrogens with one attached hydrogen (secondary N) is 2. The maximum Gasteiger partial charge on any atom is 0.253 e.